The van der Waals surface area contributed by atoms with Gasteiger partial charge in [-0.1, -0.05) is 0 Å². The van der Waals surface area contributed by atoms with Gasteiger partial charge < -0.3 is 32.8 Å². The lowest BCUT2D eigenvalue weighted by Gasteiger charge is -2.45. The zero-order chi connectivity index (χ0) is 22.3. The smallest absolute Gasteiger partial charge is 0.462 e. The van der Waals surface area contributed by atoms with Gasteiger partial charge in [-0.2, -0.15) is 0 Å². The van der Waals surface area contributed by atoms with Crippen molar-refractivity contribution in [3.8, 4) is 5.75 Å². The maximum Gasteiger partial charge on any atom is 0.509 e. The van der Waals surface area contributed by atoms with Crippen LogP contribution >= 0.6 is 0 Å². The number of ether oxygens (including phenoxy) is 6. The summed E-state index contributed by atoms with van der Waals surface area (Å²) in [4.78, 5) is 35.8. The van der Waals surface area contributed by atoms with Crippen molar-refractivity contribution >= 4 is 23.1 Å². The van der Waals surface area contributed by atoms with Crippen LogP contribution in [-0.4, -0.2) is 56.0 Å². The minimum atomic E-state index is -0.985. The average Bonchev–Trinajstić information content (AvgIpc) is 3.08. The maximum atomic E-state index is 12.2. The molecule has 1 aromatic carbocycles. The number of fused-ring (bicyclic) bond motifs is 2. The molecule has 0 spiro atoms. The van der Waals surface area contributed by atoms with E-state index in [9.17, 15) is 14.4 Å². The van der Waals surface area contributed by atoms with Crippen LogP contribution in [0, 0.1) is 0 Å². The van der Waals surface area contributed by atoms with Crippen molar-refractivity contribution in [1.82, 2.24) is 0 Å². The molecule has 166 valence electrons. The Balaban J connectivity index is 1.62. The van der Waals surface area contributed by atoms with Crippen molar-refractivity contribution < 1.29 is 42.4 Å². The van der Waals surface area contributed by atoms with Gasteiger partial charge in [-0.25, -0.2) is 14.4 Å². The summed E-state index contributed by atoms with van der Waals surface area (Å²) in [5.74, 6) is -0.448. The first-order valence-corrected chi connectivity index (χ1v) is 9.73. The number of hydrogen-bond acceptors (Lipinski definition) is 10. The van der Waals surface area contributed by atoms with E-state index in [2.05, 4.69) is 0 Å². The number of rotatable bonds is 5. The Kier molecular flexibility index (Phi) is 5.36. The van der Waals surface area contributed by atoms with E-state index in [0.29, 0.717) is 11.1 Å². The van der Waals surface area contributed by atoms with Crippen molar-refractivity contribution in [2.45, 2.75) is 51.0 Å². The van der Waals surface area contributed by atoms with Crippen molar-refractivity contribution in [1.29, 1.82) is 0 Å². The lowest BCUT2D eigenvalue weighted by molar-refractivity contribution is -0.282. The van der Waals surface area contributed by atoms with E-state index >= 15 is 0 Å². The summed E-state index contributed by atoms with van der Waals surface area (Å²) in [5.41, 5.74) is -1.65. The predicted molar refractivity (Wildman–Crippen MR) is 104 cm³/mol. The highest BCUT2D eigenvalue weighted by Crippen LogP contribution is 2.38. The molecule has 0 bridgehead atoms. The molecule has 2 aromatic rings. The molecule has 0 N–H and O–H groups in total. The second-order valence-electron chi connectivity index (χ2n) is 7.65. The molecule has 2 aliphatic rings. The third-order valence-electron chi connectivity index (χ3n) is 5.17. The minimum Gasteiger partial charge on any atom is -0.462 e. The van der Waals surface area contributed by atoms with E-state index < -0.39 is 48.0 Å². The fourth-order valence-electron chi connectivity index (χ4n) is 3.82. The molecule has 1 aromatic heterocycles. The summed E-state index contributed by atoms with van der Waals surface area (Å²) in [7, 11) is 1.50. The van der Waals surface area contributed by atoms with Crippen LogP contribution in [-0.2, 0) is 23.7 Å². The zero-order valence-corrected chi connectivity index (χ0v) is 17.4. The van der Waals surface area contributed by atoms with Crippen molar-refractivity contribution in [2.24, 2.45) is 0 Å². The van der Waals surface area contributed by atoms with Gasteiger partial charge in [0.2, 0.25) is 12.4 Å². The molecule has 0 aliphatic carbocycles. The molecule has 0 radical (unpaired) electrons. The number of hydrogen-bond donors (Lipinski definition) is 0. The molecule has 31 heavy (non-hydrogen) atoms. The number of carbonyl (C=O) groups excluding carboxylic acids is 2. The largest absolute Gasteiger partial charge is 0.509 e. The Morgan fingerprint density at radius 1 is 1.13 bits per heavy atom. The van der Waals surface area contributed by atoms with Gasteiger partial charge in [0.25, 0.3) is 0 Å². The van der Waals surface area contributed by atoms with Gasteiger partial charge in [0.05, 0.1) is 12.2 Å². The van der Waals surface area contributed by atoms with Crippen LogP contribution in [0.2, 0.25) is 0 Å². The zero-order valence-electron chi connectivity index (χ0n) is 17.4. The second-order valence-corrected chi connectivity index (χ2v) is 7.65. The van der Waals surface area contributed by atoms with E-state index in [4.69, 9.17) is 32.8 Å². The Hall–Kier alpha value is -3.11. The molecule has 10 heteroatoms. The minimum absolute atomic E-state index is 0.140. The highest BCUT2D eigenvalue weighted by atomic mass is 16.8. The SMILES string of the molecule is CCOC(=O)c1cc2ccc(OC3OC(C)(C)C(OC)C4OC(=O)OC34)cc2oc1=O. The van der Waals surface area contributed by atoms with Gasteiger partial charge in [-0.05, 0) is 39.0 Å². The van der Waals surface area contributed by atoms with Crippen molar-refractivity contribution in [3.63, 3.8) is 0 Å². The van der Waals surface area contributed by atoms with Crippen molar-refractivity contribution in [3.05, 3.63) is 40.2 Å². The van der Waals surface area contributed by atoms with E-state index in [-0.39, 0.29) is 17.8 Å². The summed E-state index contributed by atoms with van der Waals surface area (Å²) in [6.45, 7) is 5.36. The molecule has 2 saturated heterocycles. The number of benzene rings is 1. The number of methoxy groups -OCH3 is 1. The standard InChI is InChI=1S/C21H22O10/c1-5-26-17(22)12-8-10-6-7-11(9-13(10)28-18(12)23)27-19-15-14(29-20(24)30-15)16(25-4)21(2,3)31-19/h6-9,14-16,19H,5H2,1-4H3. The summed E-state index contributed by atoms with van der Waals surface area (Å²) in [6.07, 6.45) is -3.93. The summed E-state index contributed by atoms with van der Waals surface area (Å²) in [5, 5.41) is 0.507. The quantitative estimate of drug-likeness (QED) is 0.512. The second kappa shape index (κ2) is 7.86. The lowest BCUT2D eigenvalue weighted by Crippen LogP contribution is -2.62. The molecule has 2 aliphatic heterocycles. The van der Waals surface area contributed by atoms with Gasteiger partial charge in [-0.3, -0.25) is 0 Å². The van der Waals surface area contributed by atoms with E-state index in [1.165, 1.54) is 19.2 Å². The van der Waals surface area contributed by atoms with E-state index in [0.717, 1.165) is 0 Å². The molecule has 4 atom stereocenters. The molecule has 3 heterocycles. The predicted octanol–water partition coefficient (Wildman–Crippen LogP) is 2.40. The normalized spacial score (nSPS) is 26.6. The van der Waals surface area contributed by atoms with Gasteiger partial charge in [0.15, 0.2) is 6.10 Å². The Labute approximate surface area is 176 Å². The number of esters is 1. The van der Waals surface area contributed by atoms with Gasteiger partial charge in [-0.15, -0.1) is 0 Å². The molecular formula is C21H22O10. The topological polar surface area (TPSA) is 120 Å². The number of carbonyl (C=O) groups is 2. The highest BCUT2D eigenvalue weighted by molar-refractivity contribution is 5.93. The third-order valence-corrected chi connectivity index (χ3v) is 5.17. The van der Waals surface area contributed by atoms with E-state index in [1.807, 2.05) is 0 Å². The fourth-order valence-corrected chi connectivity index (χ4v) is 3.82. The lowest BCUT2D eigenvalue weighted by atomic mass is 9.89. The molecule has 0 amide bonds. The Morgan fingerprint density at radius 2 is 1.87 bits per heavy atom. The first-order chi connectivity index (χ1) is 14.7. The monoisotopic (exact) mass is 434 g/mol. The summed E-state index contributed by atoms with van der Waals surface area (Å²) in [6, 6.07) is 6.12. The average molecular weight is 434 g/mol. The van der Waals surface area contributed by atoms with E-state index in [1.54, 1.807) is 32.9 Å². The van der Waals surface area contributed by atoms with Crippen LogP contribution < -0.4 is 10.4 Å². The third kappa shape index (κ3) is 3.84. The maximum absolute atomic E-state index is 12.2. The first-order valence-electron chi connectivity index (χ1n) is 9.73. The fraction of sp³-hybridized carbons (Fsp3) is 0.476. The summed E-state index contributed by atoms with van der Waals surface area (Å²) < 4.78 is 38.0. The molecule has 4 rings (SSSR count). The molecule has 2 fully saturated rings. The molecule has 4 unspecified atom stereocenters. The van der Waals surface area contributed by atoms with Gasteiger partial charge >= 0.3 is 17.8 Å². The van der Waals surface area contributed by atoms with Gasteiger partial charge in [0.1, 0.15) is 23.0 Å². The van der Waals surface area contributed by atoms with Crippen LogP contribution in [0.4, 0.5) is 4.79 Å². The van der Waals surface area contributed by atoms with Crippen molar-refractivity contribution in [2.75, 3.05) is 13.7 Å². The molecule has 0 saturated carbocycles. The van der Waals surface area contributed by atoms with Gasteiger partial charge in [0, 0.05) is 18.6 Å². The van der Waals surface area contributed by atoms with Crippen LogP contribution in [0.25, 0.3) is 11.0 Å². The summed E-state index contributed by atoms with van der Waals surface area (Å²) >= 11 is 0. The highest BCUT2D eigenvalue weighted by Gasteiger charge is 2.58. The van der Waals surface area contributed by atoms with Crippen LogP contribution in [0.1, 0.15) is 31.1 Å². The molecule has 10 nitrogen and oxygen atoms in total. The Morgan fingerprint density at radius 3 is 2.58 bits per heavy atom. The van der Waals surface area contributed by atoms with Crippen LogP contribution in [0.5, 0.6) is 5.75 Å². The Bertz CT molecular complexity index is 1070. The van der Waals surface area contributed by atoms with Crippen LogP contribution in [0.15, 0.2) is 33.5 Å². The van der Waals surface area contributed by atoms with Crippen LogP contribution in [0.3, 0.4) is 0 Å². The molecular weight excluding hydrogens is 412 g/mol. The first kappa shape index (κ1) is 21.1.